The number of methoxy groups -OCH3 is 1. The Hall–Kier alpha value is -1.94. The van der Waals surface area contributed by atoms with Crippen molar-refractivity contribution in [2.75, 3.05) is 12.4 Å². The maximum atomic E-state index is 13.2. The third kappa shape index (κ3) is 3.29. The van der Waals surface area contributed by atoms with Gasteiger partial charge in [0, 0.05) is 18.3 Å². The quantitative estimate of drug-likeness (QED) is 0.895. The molecular weight excluding hydrogens is 269 g/mol. The van der Waals surface area contributed by atoms with Gasteiger partial charge in [-0.2, -0.15) is 0 Å². The smallest absolute Gasteiger partial charge is 0.165 e. The number of nitrogens with one attached hydrogen (secondary N) is 1. The highest BCUT2D eigenvalue weighted by Gasteiger charge is 2.04. The van der Waals surface area contributed by atoms with E-state index in [1.807, 2.05) is 0 Å². The van der Waals surface area contributed by atoms with E-state index >= 15 is 0 Å². The van der Waals surface area contributed by atoms with Crippen molar-refractivity contribution in [3.05, 3.63) is 52.8 Å². The molecule has 0 bridgehead atoms. The summed E-state index contributed by atoms with van der Waals surface area (Å²) in [6.45, 7) is 0.509. The van der Waals surface area contributed by atoms with Gasteiger partial charge in [0.25, 0.3) is 0 Å². The highest BCUT2D eigenvalue weighted by molar-refractivity contribution is 6.32. The average molecular weight is 282 g/mol. The summed E-state index contributed by atoms with van der Waals surface area (Å²) in [6.07, 6.45) is 0. The van der Waals surface area contributed by atoms with E-state index in [-0.39, 0.29) is 11.5 Å². The Morgan fingerprint density at radius 1 is 1.26 bits per heavy atom. The van der Waals surface area contributed by atoms with Gasteiger partial charge in [0.1, 0.15) is 5.75 Å². The third-order valence-electron chi connectivity index (χ3n) is 2.66. The first-order valence-electron chi connectivity index (χ1n) is 5.65. The molecule has 0 aromatic heterocycles. The molecule has 19 heavy (non-hydrogen) atoms. The summed E-state index contributed by atoms with van der Waals surface area (Å²) in [5.74, 6) is -0.164. The van der Waals surface area contributed by atoms with Gasteiger partial charge in [0.05, 0.1) is 12.1 Å². The van der Waals surface area contributed by atoms with Gasteiger partial charge in [-0.05, 0) is 29.8 Å². The minimum atomic E-state index is -0.402. The highest BCUT2D eigenvalue weighted by atomic mass is 35.5. The Bertz CT molecular complexity index is 590. The van der Waals surface area contributed by atoms with Gasteiger partial charge < -0.3 is 15.2 Å². The number of halogens is 2. The molecule has 2 aromatic carbocycles. The number of anilines is 1. The molecule has 2 N–H and O–H groups in total. The molecule has 0 aliphatic carbocycles. The Morgan fingerprint density at radius 3 is 2.74 bits per heavy atom. The van der Waals surface area contributed by atoms with Gasteiger partial charge in [0.15, 0.2) is 11.6 Å². The number of rotatable bonds is 4. The van der Waals surface area contributed by atoms with Gasteiger partial charge in [0.2, 0.25) is 0 Å². The first-order valence-corrected chi connectivity index (χ1v) is 6.03. The molecular formula is C14H13ClFNO2. The lowest BCUT2D eigenvalue weighted by atomic mass is 10.2. The summed E-state index contributed by atoms with van der Waals surface area (Å²) in [7, 11) is 1.42. The summed E-state index contributed by atoms with van der Waals surface area (Å²) < 4.78 is 18.1. The first kappa shape index (κ1) is 13.5. The molecule has 0 heterocycles. The minimum Gasteiger partial charge on any atom is -0.506 e. The van der Waals surface area contributed by atoms with Crippen LogP contribution in [-0.2, 0) is 6.54 Å². The monoisotopic (exact) mass is 281 g/mol. The van der Waals surface area contributed by atoms with Crippen LogP contribution >= 0.6 is 11.6 Å². The van der Waals surface area contributed by atoms with Crippen LogP contribution in [0.3, 0.4) is 0 Å². The van der Waals surface area contributed by atoms with Crippen molar-refractivity contribution >= 4 is 17.3 Å². The summed E-state index contributed by atoms with van der Waals surface area (Å²) >= 11 is 5.82. The molecule has 0 unspecified atom stereocenters. The molecule has 0 saturated heterocycles. The van der Waals surface area contributed by atoms with Gasteiger partial charge in [-0.1, -0.05) is 17.7 Å². The number of hydrogen-bond donors (Lipinski definition) is 2. The predicted molar refractivity (Wildman–Crippen MR) is 73.4 cm³/mol. The van der Waals surface area contributed by atoms with Crippen molar-refractivity contribution in [1.82, 2.24) is 0 Å². The largest absolute Gasteiger partial charge is 0.506 e. The Morgan fingerprint density at radius 2 is 2.05 bits per heavy atom. The van der Waals surface area contributed by atoms with Gasteiger partial charge in [-0.3, -0.25) is 0 Å². The molecule has 2 rings (SSSR count). The van der Waals surface area contributed by atoms with E-state index in [9.17, 15) is 9.50 Å². The number of aromatic hydroxyl groups is 1. The fourth-order valence-corrected chi connectivity index (χ4v) is 1.84. The molecule has 0 radical (unpaired) electrons. The van der Waals surface area contributed by atoms with E-state index < -0.39 is 5.82 Å². The lowest BCUT2D eigenvalue weighted by molar-refractivity contribution is 0.387. The standard InChI is InChI=1S/C14H13ClFNO2/c1-19-14-7-10(3-4-12(14)16)17-8-9-2-5-13(18)11(15)6-9/h2-7,17-18H,8H2,1H3. The van der Waals surface area contributed by atoms with E-state index in [0.717, 1.165) is 11.3 Å². The van der Waals surface area contributed by atoms with Crippen LogP contribution in [0.25, 0.3) is 0 Å². The van der Waals surface area contributed by atoms with Crippen LogP contribution in [0.15, 0.2) is 36.4 Å². The molecule has 0 atom stereocenters. The lowest BCUT2D eigenvalue weighted by Crippen LogP contribution is -2.00. The zero-order valence-electron chi connectivity index (χ0n) is 10.3. The maximum Gasteiger partial charge on any atom is 0.165 e. The Kier molecular flexibility index (Phi) is 4.12. The molecule has 0 amide bonds. The van der Waals surface area contributed by atoms with Crippen LogP contribution in [0.2, 0.25) is 5.02 Å². The number of benzene rings is 2. The average Bonchev–Trinajstić information content (AvgIpc) is 2.41. The molecule has 0 saturated carbocycles. The van der Waals surface area contributed by atoms with Crippen LogP contribution < -0.4 is 10.1 Å². The fraction of sp³-hybridized carbons (Fsp3) is 0.143. The SMILES string of the molecule is COc1cc(NCc2ccc(O)c(Cl)c2)ccc1F. The zero-order valence-corrected chi connectivity index (χ0v) is 11.0. The van der Waals surface area contributed by atoms with Crippen molar-refractivity contribution in [1.29, 1.82) is 0 Å². The maximum absolute atomic E-state index is 13.2. The predicted octanol–water partition coefficient (Wildman–Crippen LogP) is 3.81. The third-order valence-corrected chi connectivity index (χ3v) is 2.96. The number of ether oxygens (including phenoxy) is 1. The minimum absolute atomic E-state index is 0.0499. The normalized spacial score (nSPS) is 10.3. The summed E-state index contributed by atoms with van der Waals surface area (Å²) in [6, 6.07) is 9.51. The molecule has 0 fully saturated rings. The van der Waals surface area contributed by atoms with Crippen LogP contribution in [-0.4, -0.2) is 12.2 Å². The molecule has 100 valence electrons. The summed E-state index contributed by atoms with van der Waals surface area (Å²) in [5.41, 5.74) is 1.65. The van der Waals surface area contributed by atoms with E-state index in [1.165, 1.54) is 19.2 Å². The molecule has 3 nitrogen and oxygen atoms in total. The van der Waals surface area contributed by atoms with Gasteiger partial charge >= 0.3 is 0 Å². The molecule has 0 aliphatic rings. The summed E-state index contributed by atoms with van der Waals surface area (Å²) in [4.78, 5) is 0. The van der Waals surface area contributed by atoms with Crippen molar-refractivity contribution in [3.63, 3.8) is 0 Å². The van der Waals surface area contributed by atoms with E-state index in [1.54, 1.807) is 24.3 Å². The molecule has 0 aliphatic heterocycles. The second-order valence-corrected chi connectivity index (χ2v) is 4.40. The topological polar surface area (TPSA) is 41.5 Å². The molecule has 2 aromatic rings. The lowest BCUT2D eigenvalue weighted by Gasteiger charge is -2.09. The second kappa shape index (κ2) is 5.80. The van der Waals surface area contributed by atoms with Crippen molar-refractivity contribution < 1.29 is 14.2 Å². The second-order valence-electron chi connectivity index (χ2n) is 3.99. The van der Waals surface area contributed by atoms with E-state index in [0.29, 0.717) is 11.6 Å². The molecule has 5 heteroatoms. The Balaban J connectivity index is 2.07. The van der Waals surface area contributed by atoms with Gasteiger partial charge in [-0.15, -0.1) is 0 Å². The van der Waals surface area contributed by atoms with Crippen LogP contribution in [0, 0.1) is 5.82 Å². The number of phenols is 1. The number of hydrogen-bond acceptors (Lipinski definition) is 3. The molecule has 0 spiro atoms. The summed E-state index contributed by atoms with van der Waals surface area (Å²) in [5, 5.41) is 12.7. The van der Waals surface area contributed by atoms with E-state index in [2.05, 4.69) is 5.32 Å². The van der Waals surface area contributed by atoms with Gasteiger partial charge in [-0.25, -0.2) is 4.39 Å². The van der Waals surface area contributed by atoms with Crippen molar-refractivity contribution in [2.45, 2.75) is 6.54 Å². The Labute approximate surface area is 115 Å². The van der Waals surface area contributed by atoms with Crippen LogP contribution in [0.1, 0.15) is 5.56 Å². The zero-order chi connectivity index (χ0) is 13.8. The highest BCUT2D eigenvalue weighted by Crippen LogP contribution is 2.25. The van der Waals surface area contributed by atoms with Crippen molar-refractivity contribution in [3.8, 4) is 11.5 Å². The van der Waals surface area contributed by atoms with E-state index in [4.69, 9.17) is 16.3 Å². The van der Waals surface area contributed by atoms with Crippen LogP contribution in [0.5, 0.6) is 11.5 Å². The van der Waals surface area contributed by atoms with Crippen molar-refractivity contribution in [2.24, 2.45) is 0 Å². The number of phenolic OH excluding ortho intramolecular Hbond substituents is 1. The van der Waals surface area contributed by atoms with Crippen LogP contribution in [0.4, 0.5) is 10.1 Å². The first-order chi connectivity index (χ1) is 9.10. The fourth-order valence-electron chi connectivity index (χ4n) is 1.63.